The molecule has 1 aromatic heterocycles. The maximum Gasteiger partial charge on any atom is 0.261 e. The molecule has 0 saturated heterocycles. The number of para-hydroxylation sites is 2. The lowest BCUT2D eigenvalue weighted by Gasteiger charge is -2.11. The maximum atomic E-state index is 13.1. The third-order valence-electron chi connectivity index (χ3n) is 4.71. The van der Waals surface area contributed by atoms with Gasteiger partial charge in [-0.3, -0.25) is 9.36 Å². The van der Waals surface area contributed by atoms with Crippen molar-refractivity contribution in [2.24, 2.45) is 0 Å². The molecule has 0 radical (unpaired) electrons. The van der Waals surface area contributed by atoms with Crippen LogP contribution in [0.2, 0.25) is 0 Å². The Kier molecular flexibility index (Phi) is 5.02. The van der Waals surface area contributed by atoms with E-state index in [1.165, 1.54) is 0 Å². The van der Waals surface area contributed by atoms with Gasteiger partial charge in [-0.2, -0.15) is 0 Å². The first-order valence-corrected chi connectivity index (χ1v) is 9.22. The molecule has 4 rings (SSSR count). The summed E-state index contributed by atoms with van der Waals surface area (Å²) in [6.45, 7) is 0.529. The molecular formula is C24H20N2O2. The molecule has 0 saturated carbocycles. The fourth-order valence-electron chi connectivity index (χ4n) is 3.21. The van der Waals surface area contributed by atoms with E-state index >= 15 is 0 Å². The van der Waals surface area contributed by atoms with Crippen molar-refractivity contribution in [2.45, 2.75) is 13.0 Å². The SMILES string of the molecule is O=c1c2ccccc2nc(/C=C/c2ccccc2O)n1CCc1ccccc1. The Morgan fingerprint density at radius 1 is 0.857 bits per heavy atom. The number of aromatic nitrogens is 2. The lowest BCUT2D eigenvalue weighted by atomic mass is 10.1. The van der Waals surface area contributed by atoms with Crippen molar-refractivity contribution >= 4 is 23.1 Å². The van der Waals surface area contributed by atoms with Gasteiger partial charge in [-0.15, -0.1) is 0 Å². The van der Waals surface area contributed by atoms with E-state index < -0.39 is 0 Å². The molecule has 4 aromatic rings. The highest BCUT2D eigenvalue weighted by Gasteiger charge is 2.09. The van der Waals surface area contributed by atoms with Crippen LogP contribution >= 0.6 is 0 Å². The van der Waals surface area contributed by atoms with E-state index in [1.807, 2.05) is 48.5 Å². The molecule has 0 bridgehead atoms. The molecule has 0 fully saturated rings. The monoisotopic (exact) mass is 368 g/mol. The number of phenols is 1. The van der Waals surface area contributed by atoms with E-state index in [1.54, 1.807) is 34.9 Å². The molecule has 3 aromatic carbocycles. The van der Waals surface area contributed by atoms with Gasteiger partial charge in [0.2, 0.25) is 0 Å². The molecule has 1 N–H and O–H groups in total. The Labute approximate surface area is 163 Å². The summed E-state index contributed by atoms with van der Waals surface area (Å²) in [5.41, 5.74) is 2.46. The van der Waals surface area contributed by atoms with E-state index in [0.717, 1.165) is 12.0 Å². The van der Waals surface area contributed by atoms with Crippen LogP contribution in [0.25, 0.3) is 23.1 Å². The van der Waals surface area contributed by atoms with Crippen molar-refractivity contribution in [1.29, 1.82) is 0 Å². The summed E-state index contributed by atoms with van der Waals surface area (Å²) in [4.78, 5) is 17.8. The molecule has 4 nitrogen and oxygen atoms in total. The van der Waals surface area contributed by atoms with Crippen LogP contribution in [0.15, 0.2) is 83.7 Å². The molecule has 1 heterocycles. The van der Waals surface area contributed by atoms with Gasteiger partial charge in [-0.1, -0.05) is 60.7 Å². The second kappa shape index (κ2) is 7.92. The first-order chi connectivity index (χ1) is 13.7. The van der Waals surface area contributed by atoms with E-state index in [4.69, 9.17) is 0 Å². The zero-order chi connectivity index (χ0) is 19.3. The van der Waals surface area contributed by atoms with Crippen LogP contribution in [0.5, 0.6) is 5.75 Å². The minimum atomic E-state index is -0.0570. The van der Waals surface area contributed by atoms with Crippen LogP contribution in [0.3, 0.4) is 0 Å². The fraction of sp³-hybridized carbons (Fsp3) is 0.0833. The number of hydrogen-bond acceptors (Lipinski definition) is 3. The fourth-order valence-corrected chi connectivity index (χ4v) is 3.21. The van der Waals surface area contributed by atoms with Crippen molar-refractivity contribution in [2.75, 3.05) is 0 Å². The third kappa shape index (κ3) is 3.71. The quantitative estimate of drug-likeness (QED) is 0.564. The first kappa shape index (κ1) is 17.7. The standard InChI is InChI=1S/C24H20N2O2/c27-22-13-7-4-10-19(22)14-15-23-25-21-12-6-5-11-20(21)24(28)26(23)17-16-18-8-2-1-3-9-18/h1-15,27H,16-17H2/b15-14+. The smallest absolute Gasteiger partial charge is 0.261 e. The molecule has 0 aliphatic heterocycles. The summed E-state index contributed by atoms with van der Waals surface area (Å²) in [5.74, 6) is 0.764. The molecule has 0 amide bonds. The molecule has 0 aliphatic rings. The Hall–Kier alpha value is -3.66. The van der Waals surface area contributed by atoms with Gasteiger partial charge in [-0.05, 0) is 42.3 Å². The second-order valence-corrected chi connectivity index (χ2v) is 6.57. The zero-order valence-corrected chi connectivity index (χ0v) is 15.3. The predicted octanol–water partition coefficient (Wildman–Crippen LogP) is 4.52. The van der Waals surface area contributed by atoms with E-state index in [-0.39, 0.29) is 11.3 Å². The lowest BCUT2D eigenvalue weighted by Crippen LogP contribution is -2.24. The summed E-state index contributed by atoms with van der Waals surface area (Å²) in [6, 6.07) is 24.5. The van der Waals surface area contributed by atoms with Crippen molar-refractivity contribution < 1.29 is 5.11 Å². The summed E-state index contributed by atoms with van der Waals surface area (Å²) < 4.78 is 1.70. The number of rotatable bonds is 5. The van der Waals surface area contributed by atoms with Crippen LogP contribution in [-0.2, 0) is 13.0 Å². The molecule has 0 atom stereocenters. The van der Waals surface area contributed by atoms with Gasteiger partial charge < -0.3 is 5.11 Å². The summed E-state index contributed by atoms with van der Waals surface area (Å²) in [7, 11) is 0. The number of fused-ring (bicyclic) bond motifs is 1. The Morgan fingerprint density at radius 3 is 2.39 bits per heavy atom. The number of aryl methyl sites for hydroxylation is 1. The number of nitrogens with zero attached hydrogens (tertiary/aromatic N) is 2. The van der Waals surface area contributed by atoms with E-state index in [0.29, 0.717) is 28.8 Å². The van der Waals surface area contributed by atoms with Crippen LogP contribution < -0.4 is 5.56 Å². The molecule has 4 heteroatoms. The highest BCUT2D eigenvalue weighted by molar-refractivity contribution is 5.79. The third-order valence-corrected chi connectivity index (χ3v) is 4.71. The van der Waals surface area contributed by atoms with E-state index in [2.05, 4.69) is 17.1 Å². The van der Waals surface area contributed by atoms with Gasteiger partial charge >= 0.3 is 0 Å². The first-order valence-electron chi connectivity index (χ1n) is 9.22. The van der Waals surface area contributed by atoms with Crippen molar-refractivity contribution in [3.8, 4) is 5.75 Å². The Balaban J connectivity index is 1.77. The van der Waals surface area contributed by atoms with Gasteiger partial charge in [-0.25, -0.2) is 4.98 Å². The maximum absolute atomic E-state index is 13.1. The van der Waals surface area contributed by atoms with Gasteiger partial charge in [0.25, 0.3) is 5.56 Å². The normalized spacial score (nSPS) is 11.3. The Morgan fingerprint density at radius 2 is 1.57 bits per heavy atom. The molecule has 0 unspecified atom stereocenters. The molecule has 0 aliphatic carbocycles. The van der Waals surface area contributed by atoms with Crippen LogP contribution in [-0.4, -0.2) is 14.7 Å². The molecular weight excluding hydrogens is 348 g/mol. The van der Waals surface area contributed by atoms with Gasteiger partial charge in [0, 0.05) is 12.1 Å². The average Bonchev–Trinajstić information content (AvgIpc) is 2.73. The summed E-state index contributed by atoms with van der Waals surface area (Å²) >= 11 is 0. The number of benzene rings is 3. The van der Waals surface area contributed by atoms with Crippen molar-refractivity contribution in [1.82, 2.24) is 9.55 Å². The van der Waals surface area contributed by atoms with Crippen LogP contribution in [0.1, 0.15) is 17.0 Å². The second-order valence-electron chi connectivity index (χ2n) is 6.57. The highest BCUT2D eigenvalue weighted by atomic mass is 16.3. The number of aromatic hydroxyl groups is 1. The average molecular weight is 368 g/mol. The number of phenolic OH excluding ortho intramolecular Hbond substituents is 1. The topological polar surface area (TPSA) is 55.1 Å². The van der Waals surface area contributed by atoms with Gasteiger partial charge in [0.05, 0.1) is 10.9 Å². The Bertz CT molecular complexity index is 1190. The molecule has 0 spiro atoms. The zero-order valence-electron chi connectivity index (χ0n) is 15.3. The minimum Gasteiger partial charge on any atom is -0.507 e. The highest BCUT2D eigenvalue weighted by Crippen LogP contribution is 2.19. The largest absolute Gasteiger partial charge is 0.507 e. The van der Waals surface area contributed by atoms with Crippen LogP contribution in [0, 0.1) is 0 Å². The van der Waals surface area contributed by atoms with E-state index in [9.17, 15) is 9.90 Å². The van der Waals surface area contributed by atoms with Gasteiger partial charge in [0.15, 0.2) is 0 Å². The molecule has 138 valence electrons. The van der Waals surface area contributed by atoms with Gasteiger partial charge in [0.1, 0.15) is 11.6 Å². The summed E-state index contributed by atoms with van der Waals surface area (Å²) in [6.07, 6.45) is 4.30. The number of hydrogen-bond donors (Lipinski definition) is 1. The van der Waals surface area contributed by atoms with Crippen molar-refractivity contribution in [3.63, 3.8) is 0 Å². The van der Waals surface area contributed by atoms with Crippen molar-refractivity contribution in [3.05, 3.63) is 106 Å². The molecule has 28 heavy (non-hydrogen) atoms. The predicted molar refractivity (Wildman–Crippen MR) is 113 cm³/mol. The minimum absolute atomic E-state index is 0.0570. The summed E-state index contributed by atoms with van der Waals surface area (Å²) in [5, 5.41) is 10.6. The van der Waals surface area contributed by atoms with Crippen LogP contribution in [0.4, 0.5) is 0 Å². The lowest BCUT2D eigenvalue weighted by molar-refractivity contribution is 0.474.